The minimum Gasteiger partial charge on any atom is -0.323 e. The van der Waals surface area contributed by atoms with Crippen molar-refractivity contribution in [1.29, 1.82) is 0 Å². The monoisotopic (exact) mass is 407 g/mol. The second kappa shape index (κ2) is 8.03. The third-order valence-electron chi connectivity index (χ3n) is 4.62. The molecule has 1 fully saturated rings. The van der Waals surface area contributed by atoms with Crippen molar-refractivity contribution in [2.24, 2.45) is 5.92 Å². The Morgan fingerprint density at radius 2 is 1.79 bits per heavy atom. The number of nitrogens with zero attached hydrogens (tertiary/aromatic N) is 2. The molecular weight excluding hydrogens is 389 g/mol. The highest BCUT2D eigenvalue weighted by atomic mass is 32.2. The number of sulfonamides is 1. The third-order valence-corrected chi connectivity index (χ3v) is 6.54. The second-order valence-electron chi connectivity index (χ2n) is 6.40. The highest BCUT2D eigenvalue weighted by Crippen LogP contribution is 2.26. The molecule has 2 aromatic rings. The van der Waals surface area contributed by atoms with E-state index in [4.69, 9.17) is 0 Å². The van der Waals surface area contributed by atoms with E-state index in [0.29, 0.717) is 0 Å². The molecular formula is C18H18FN3O5S. The van der Waals surface area contributed by atoms with Gasteiger partial charge in [0.25, 0.3) is 5.69 Å². The standard InChI is InChI=1S/C18H18FN3O5S/c19-16-7-6-14(22(24)25)12-17(16)20-18(23)13-8-10-21(11-9-13)28(26,27)15-4-2-1-3-5-15/h1-7,12-13H,8-11H2,(H,20,23). The number of halogens is 1. The van der Waals surface area contributed by atoms with Gasteiger partial charge in [0, 0.05) is 31.1 Å². The van der Waals surface area contributed by atoms with Crippen molar-refractivity contribution in [3.05, 3.63) is 64.5 Å². The highest BCUT2D eigenvalue weighted by molar-refractivity contribution is 7.89. The number of benzene rings is 2. The topological polar surface area (TPSA) is 110 Å². The summed E-state index contributed by atoms with van der Waals surface area (Å²) in [5.41, 5.74) is -0.598. The summed E-state index contributed by atoms with van der Waals surface area (Å²) in [6.07, 6.45) is 0.545. The maximum atomic E-state index is 13.8. The van der Waals surface area contributed by atoms with Crippen molar-refractivity contribution in [1.82, 2.24) is 4.31 Å². The zero-order valence-corrected chi connectivity index (χ0v) is 15.6. The Morgan fingerprint density at radius 3 is 2.39 bits per heavy atom. The fourth-order valence-corrected chi connectivity index (χ4v) is 4.55. The number of nitrogens with one attached hydrogen (secondary N) is 1. The van der Waals surface area contributed by atoms with E-state index in [9.17, 15) is 27.7 Å². The Morgan fingerprint density at radius 1 is 1.14 bits per heavy atom. The van der Waals surface area contributed by atoms with Gasteiger partial charge in [-0.25, -0.2) is 12.8 Å². The molecule has 10 heteroatoms. The highest BCUT2D eigenvalue weighted by Gasteiger charge is 2.32. The largest absolute Gasteiger partial charge is 0.323 e. The van der Waals surface area contributed by atoms with E-state index in [2.05, 4.69) is 5.32 Å². The molecule has 0 aliphatic carbocycles. The van der Waals surface area contributed by atoms with E-state index in [0.717, 1.165) is 18.2 Å². The Kier molecular flexibility index (Phi) is 5.71. The fraction of sp³-hybridized carbons (Fsp3) is 0.278. The quantitative estimate of drug-likeness (QED) is 0.605. The summed E-state index contributed by atoms with van der Waals surface area (Å²) >= 11 is 0. The maximum Gasteiger partial charge on any atom is 0.271 e. The summed E-state index contributed by atoms with van der Waals surface area (Å²) in [5, 5.41) is 13.2. The number of hydrogen-bond acceptors (Lipinski definition) is 5. The van der Waals surface area contributed by atoms with Crippen LogP contribution in [0.3, 0.4) is 0 Å². The lowest BCUT2D eigenvalue weighted by Gasteiger charge is -2.30. The van der Waals surface area contributed by atoms with Crippen molar-refractivity contribution in [2.45, 2.75) is 17.7 Å². The number of carbonyl (C=O) groups excluding carboxylic acids is 1. The average Bonchev–Trinajstić information content (AvgIpc) is 2.70. The van der Waals surface area contributed by atoms with Gasteiger partial charge in [-0.3, -0.25) is 14.9 Å². The molecule has 148 valence electrons. The number of hydrogen-bond donors (Lipinski definition) is 1. The van der Waals surface area contributed by atoms with Gasteiger partial charge >= 0.3 is 0 Å². The first-order valence-corrected chi connectivity index (χ1v) is 10.0. The van der Waals surface area contributed by atoms with Gasteiger partial charge in [0.2, 0.25) is 15.9 Å². The predicted molar refractivity (Wildman–Crippen MR) is 99.6 cm³/mol. The SMILES string of the molecule is O=C(Nc1cc([N+](=O)[O-])ccc1F)C1CCN(S(=O)(=O)c2ccccc2)CC1. The molecule has 0 saturated carbocycles. The van der Waals surface area contributed by atoms with Crippen LogP contribution in [0.2, 0.25) is 0 Å². The lowest BCUT2D eigenvalue weighted by Crippen LogP contribution is -2.41. The van der Waals surface area contributed by atoms with Gasteiger partial charge in [-0.05, 0) is 31.0 Å². The molecule has 1 heterocycles. The molecule has 1 N–H and O–H groups in total. The van der Waals surface area contributed by atoms with E-state index >= 15 is 0 Å². The van der Waals surface area contributed by atoms with E-state index in [-0.39, 0.29) is 42.2 Å². The molecule has 3 rings (SSSR count). The van der Waals surface area contributed by atoms with Gasteiger partial charge in [-0.2, -0.15) is 4.31 Å². The summed E-state index contributed by atoms with van der Waals surface area (Å²) in [4.78, 5) is 22.7. The van der Waals surface area contributed by atoms with Crippen molar-refractivity contribution in [3.8, 4) is 0 Å². The minimum absolute atomic E-state index is 0.159. The van der Waals surface area contributed by atoms with E-state index in [1.807, 2.05) is 0 Å². The Balaban J connectivity index is 1.65. The maximum absolute atomic E-state index is 13.8. The lowest BCUT2D eigenvalue weighted by atomic mass is 9.97. The van der Waals surface area contributed by atoms with Crippen LogP contribution in [0.5, 0.6) is 0 Å². The van der Waals surface area contributed by atoms with Crippen LogP contribution in [0.15, 0.2) is 53.4 Å². The second-order valence-corrected chi connectivity index (χ2v) is 8.34. The summed E-state index contributed by atoms with van der Waals surface area (Å²) in [7, 11) is -3.63. The van der Waals surface area contributed by atoms with Crippen molar-refractivity contribution in [2.75, 3.05) is 18.4 Å². The molecule has 8 nitrogen and oxygen atoms in total. The zero-order chi connectivity index (χ0) is 20.3. The molecule has 0 radical (unpaired) electrons. The first kappa shape index (κ1) is 19.9. The third kappa shape index (κ3) is 4.18. The van der Waals surface area contributed by atoms with Crippen molar-refractivity contribution in [3.63, 3.8) is 0 Å². The number of amides is 1. The van der Waals surface area contributed by atoms with E-state index in [1.54, 1.807) is 18.2 Å². The van der Waals surface area contributed by atoms with E-state index < -0.39 is 32.6 Å². The Bertz CT molecular complexity index is 990. The first-order chi connectivity index (χ1) is 13.3. The molecule has 0 bridgehead atoms. The van der Waals surface area contributed by atoms with Crippen molar-refractivity contribution >= 4 is 27.3 Å². The van der Waals surface area contributed by atoms with Gasteiger partial charge in [-0.15, -0.1) is 0 Å². The van der Waals surface area contributed by atoms with Gasteiger partial charge in [0.05, 0.1) is 15.5 Å². The molecule has 1 saturated heterocycles. The predicted octanol–water partition coefficient (Wildman–Crippen LogP) is 2.77. The van der Waals surface area contributed by atoms with Gasteiger partial charge in [0.1, 0.15) is 5.82 Å². The Labute approximate surface area is 161 Å². The van der Waals surface area contributed by atoms with Crippen LogP contribution in [-0.2, 0) is 14.8 Å². The van der Waals surface area contributed by atoms with Gasteiger partial charge in [-0.1, -0.05) is 18.2 Å². The molecule has 0 aromatic heterocycles. The van der Waals surface area contributed by atoms with Crippen LogP contribution in [0.4, 0.5) is 15.8 Å². The minimum atomic E-state index is -3.63. The molecule has 2 aromatic carbocycles. The first-order valence-electron chi connectivity index (χ1n) is 8.59. The van der Waals surface area contributed by atoms with E-state index in [1.165, 1.54) is 16.4 Å². The summed E-state index contributed by atoms with van der Waals surface area (Å²) in [6.45, 7) is 0.319. The Hall–Kier alpha value is -2.85. The summed E-state index contributed by atoms with van der Waals surface area (Å²) in [5.74, 6) is -1.78. The van der Waals surface area contributed by atoms with Crippen LogP contribution in [0, 0.1) is 21.8 Å². The number of non-ortho nitro benzene ring substituents is 1. The van der Waals surface area contributed by atoms with Crippen LogP contribution >= 0.6 is 0 Å². The van der Waals surface area contributed by atoms with Crippen LogP contribution < -0.4 is 5.32 Å². The molecule has 0 atom stereocenters. The van der Waals surface area contributed by atoms with Crippen molar-refractivity contribution < 1.29 is 22.5 Å². The molecule has 28 heavy (non-hydrogen) atoms. The normalized spacial score (nSPS) is 15.9. The smallest absolute Gasteiger partial charge is 0.271 e. The number of nitro benzene ring substituents is 1. The molecule has 1 amide bonds. The summed E-state index contributed by atoms with van der Waals surface area (Å²) in [6, 6.07) is 10.9. The van der Waals surface area contributed by atoms with Crippen LogP contribution in [0.1, 0.15) is 12.8 Å². The average molecular weight is 407 g/mol. The van der Waals surface area contributed by atoms with Crippen LogP contribution in [-0.4, -0.2) is 36.6 Å². The summed E-state index contributed by atoms with van der Waals surface area (Å²) < 4.78 is 40.4. The van der Waals surface area contributed by atoms with Gasteiger partial charge in [0.15, 0.2) is 0 Å². The molecule has 1 aliphatic rings. The number of piperidine rings is 1. The number of nitro groups is 1. The molecule has 1 aliphatic heterocycles. The lowest BCUT2D eigenvalue weighted by molar-refractivity contribution is -0.384. The van der Waals surface area contributed by atoms with Crippen LogP contribution in [0.25, 0.3) is 0 Å². The number of rotatable bonds is 5. The zero-order valence-electron chi connectivity index (χ0n) is 14.7. The number of carbonyl (C=O) groups is 1. The molecule has 0 spiro atoms. The molecule has 0 unspecified atom stereocenters. The fourth-order valence-electron chi connectivity index (χ4n) is 3.06. The number of anilines is 1. The van der Waals surface area contributed by atoms with Gasteiger partial charge < -0.3 is 5.32 Å².